The highest BCUT2D eigenvalue weighted by molar-refractivity contribution is 9.10. The van der Waals surface area contributed by atoms with Gasteiger partial charge in [-0.2, -0.15) is 0 Å². The van der Waals surface area contributed by atoms with Gasteiger partial charge in [-0.15, -0.1) is 0 Å². The minimum atomic E-state index is -0.291. The van der Waals surface area contributed by atoms with Gasteiger partial charge >= 0.3 is 6.03 Å². The zero-order valence-corrected chi connectivity index (χ0v) is 17.9. The molecule has 4 amide bonds. The van der Waals surface area contributed by atoms with Gasteiger partial charge in [0.25, 0.3) is 11.8 Å². The fourth-order valence-corrected chi connectivity index (χ4v) is 4.41. The van der Waals surface area contributed by atoms with Gasteiger partial charge < -0.3 is 9.80 Å². The lowest BCUT2D eigenvalue weighted by molar-refractivity contribution is -0.116. The monoisotopic (exact) mass is 475 g/mol. The van der Waals surface area contributed by atoms with E-state index in [1.54, 1.807) is 52.3 Å². The third-order valence-electron chi connectivity index (χ3n) is 5.36. The standard InChI is InChI=1S/C21H19BrClN3O3/c22-14-6-7-18(23)17(12-14)20(28)24-10-8-15(9-11-24)25-13-19(27)26(21(25)29)16-4-2-1-3-5-16/h1-7,12,15H,8-11,13H2. The number of hydrogen-bond acceptors (Lipinski definition) is 3. The van der Waals surface area contributed by atoms with Crippen LogP contribution in [0.25, 0.3) is 0 Å². The molecule has 2 aliphatic rings. The van der Waals surface area contributed by atoms with Gasteiger partial charge in [-0.05, 0) is 43.2 Å². The number of likely N-dealkylation sites (tertiary alicyclic amines) is 1. The second-order valence-corrected chi connectivity index (χ2v) is 8.45. The molecule has 6 nitrogen and oxygen atoms in total. The van der Waals surface area contributed by atoms with E-state index in [4.69, 9.17) is 11.6 Å². The van der Waals surface area contributed by atoms with Crippen LogP contribution in [0.3, 0.4) is 0 Å². The van der Waals surface area contributed by atoms with Crippen LogP contribution < -0.4 is 4.90 Å². The van der Waals surface area contributed by atoms with E-state index in [-0.39, 0.29) is 30.4 Å². The fraction of sp³-hybridized carbons (Fsp3) is 0.286. The van der Waals surface area contributed by atoms with E-state index in [0.29, 0.717) is 42.2 Å². The van der Waals surface area contributed by atoms with E-state index in [1.165, 1.54) is 4.90 Å². The molecule has 2 heterocycles. The summed E-state index contributed by atoms with van der Waals surface area (Å²) < 4.78 is 0.794. The number of para-hydroxylation sites is 1. The summed E-state index contributed by atoms with van der Waals surface area (Å²) in [4.78, 5) is 42.8. The first kappa shape index (κ1) is 19.9. The molecule has 0 unspecified atom stereocenters. The highest BCUT2D eigenvalue weighted by atomic mass is 79.9. The maximum atomic E-state index is 12.9. The topological polar surface area (TPSA) is 60.9 Å². The van der Waals surface area contributed by atoms with E-state index in [9.17, 15) is 14.4 Å². The number of imide groups is 1. The van der Waals surface area contributed by atoms with E-state index < -0.39 is 0 Å². The van der Waals surface area contributed by atoms with Crippen LogP contribution in [0.4, 0.5) is 10.5 Å². The van der Waals surface area contributed by atoms with Crippen molar-refractivity contribution in [3.63, 3.8) is 0 Å². The van der Waals surface area contributed by atoms with Crippen molar-refractivity contribution in [2.75, 3.05) is 24.5 Å². The minimum Gasteiger partial charge on any atom is -0.338 e. The molecule has 8 heteroatoms. The Morgan fingerprint density at radius 2 is 1.72 bits per heavy atom. The molecule has 0 spiro atoms. The minimum absolute atomic E-state index is 0.0674. The summed E-state index contributed by atoms with van der Waals surface area (Å²) in [6.07, 6.45) is 1.25. The number of hydrogen-bond donors (Lipinski definition) is 0. The van der Waals surface area contributed by atoms with Crippen LogP contribution in [-0.4, -0.2) is 53.3 Å². The Morgan fingerprint density at radius 1 is 1.03 bits per heavy atom. The Morgan fingerprint density at radius 3 is 2.41 bits per heavy atom. The summed E-state index contributed by atoms with van der Waals surface area (Å²) in [7, 11) is 0. The number of nitrogens with zero attached hydrogens (tertiary/aromatic N) is 3. The molecular weight excluding hydrogens is 458 g/mol. The zero-order valence-electron chi connectivity index (χ0n) is 15.6. The van der Waals surface area contributed by atoms with Gasteiger partial charge in [0.2, 0.25) is 0 Å². The second-order valence-electron chi connectivity index (χ2n) is 7.12. The molecule has 2 aliphatic heterocycles. The summed E-state index contributed by atoms with van der Waals surface area (Å²) in [5, 5.41) is 0.416. The number of carbonyl (C=O) groups is 3. The van der Waals surface area contributed by atoms with Crippen molar-refractivity contribution in [1.29, 1.82) is 0 Å². The van der Waals surface area contributed by atoms with Crippen molar-refractivity contribution in [3.8, 4) is 0 Å². The van der Waals surface area contributed by atoms with Crippen LogP contribution in [0.5, 0.6) is 0 Å². The number of piperidine rings is 1. The first-order valence-corrected chi connectivity index (χ1v) is 10.6. The predicted octanol–water partition coefficient (Wildman–Crippen LogP) is 4.18. The van der Waals surface area contributed by atoms with Gasteiger partial charge in [-0.25, -0.2) is 9.69 Å². The largest absolute Gasteiger partial charge is 0.338 e. The summed E-state index contributed by atoms with van der Waals surface area (Å²) >= 11 is 9.56. The SMILES string of the molecule is O=C(c1cc(Br)ccc1Cl)N1CCC(N2CC(=O)N(c3ccccc3)C2=O)CC1. The first-order chi connectivity index (χ1) is 14.0. The third kappa shape index (κ3) is 3.89. The van der Waals surface area contributed by atoms with Crippen LogP contribution in [0, 0.1) is 0 Å². The molecule has 0 N–H and O–H groups in total. The number of rotatable bonds is 3. The molecule has 29 heavy (non-hydrogen) atoms. The van der Waals surface area contributed by atoms with Crippen molar-refractivity contribution in [3.05, 3.63) is 63.6 Å². The Kier molecular flexibility index (Phi) is 5.61. The quantitative estimate of drug-likeness (QED) is 0.625. The number of benzene rings is 2. The van der Waals surface area contributed by atoms with Crippen LogP contribution in [0.1, 0.15) is 23.2 Å². The summed E-state index contributed by atoms with van der Waals surface area (Å²) in [5.41, 5.74) is 1.05. The van der Waals surface area contributed by atoms with Crippen LogP contribution in [0.15, 0.2) is 53.0 Å². The van der Waals surface area contributed by atoms with E-state index >= 15 is 0 Å². The molecule has 2 saturated heterocycles. The zero-order chi connectivity index (χ0) is 20.5. The second kappa shape index (κ2) is 8.16. The molecule has 0 saturated carbocycles. The van der Waals surface area contributed by atoms with Crippen molar-refractivity contribution in [2.24, 2.45) is 0 Å². The molecule has 2 fully saturated rings. The Labute approximate surface area is 182 Å². The predicted molar refractivity (Wildman–Crippen MR) is 114 cm³/mol. The van der Waals surface area contributed by atoms with Crippen molar-refractivity contribution < 1.29 is 14.4 Å². The van der Waals surface area contributed by atoms with Crippen molar-refractivity contribution in [1.82, 2.24) is 9.80 Å². The van der Waals surface area contributed by atoms with Crippen molar-refractivity contribution >= 4 is 51.1 Å². The van der Waals surface area contributed by atoms with E-state index in [1.807, 2.05) is 6.07 Å². The number of anilines is 1. The lowest BCUT2D eigenvalue weighted by Crippen LogP contribution is -2.48. The summed E-state index contributed by atoms with van der Waals surface area (Å²) in [6.45, 7) is 1.09. The summed E-state index contributed by atoms with van der Waals surface area (Å²) in [6, 6.07) is 13.8. The van der Waals surface area contributed by atoms with E-state index in [0.717, 1.165) is 4.47 Å². The molecule has 0 aliphatic carbocycles. The average molecular weight is 477 g/mol. The molecule has 0 aromatic heterocycles. The smallest absolute Gasteiger partial charge is 0.332 e. The molecule has 150 valence electrons. The van der Waals surface area contributed by atoms with Crippen molar-refractivity contribution in [2.45, 2.75) is 18.9 Å². The molecule has 2 aromatic rings. The van der Waals surface area contributed by atoms with Gasteiger partial charge in [-0.3, -0.25) is 9.59 Å². The molecule has 4 rings (SSSR count). The number of amides is 4. The van der Waals surface area contributed by atoms with Crippen LogP contribution in [-0.2, 0) is 4.79 Å². The number of halogens is 2. The third-order valence-corrected chi connectivity index (χ3v) is 6.18. The molecule has 0 radical (unpaired) electrons. The maximum Gasteiger partial charge on any atom is 0.332 e. The highest BCUT2D eigenvalue weighted by Gasteiger charge is 2.41. The van der Waals surface area contributed by atoms with Crippen LogP contribution >= 0.6 is 27.5 Å². The lowest BCUT2D eigenvalue weighted by atomic mass is 10.0. The molecule has 0 bridgehead atoms. The lowest BCUT2D eigenvalue weighted by Gasteiger charge is -2.36. The molecule has 2 aromatic carbocycles. The van der Waals surface area contributed by atoms with E-state index in [2.05, 4.69) is 15.9 Å². The molecular formula is C21H19BrClN3O3. The Balaban J connectivity index is 1.42. The maximum absolute atomic E-state index is 12.9. The molecule has 0 atom stereocenters. The number of carbonyl (C=O) groups excluding carboxylic acids is 3. The van der Waals surface area contributed by atoms with Gasteiger partial charge in [0.15, 0.2) is 0 Å². The van der Waals surface area contributed by atoms with Crippen LogP contribution in [0.2, 0.25) is 5.02 Å². The van der Waals surface area contributed by atoms with Gasteiger partial charge in [0, 0.05) is 23.6 Å². The van der Waals surface area contributed by atoms with Gasteiger partial charge in [-0.1, -0.05) is 45.7 Å². The Hall–Kier alpha value is -2.38. The average Bonchev–Trinajstić information content (AvgIpc) is 3.04. The fourth-order valence-electron chi connectivity index (χ4n) is 3.85. The first-order valence-electron chi connectivity index (χ1n) is 9.38. The number of urea groups is 1. The Bertz CT molecular complexity index is 961. The highest BCUT2D eigenvalue weighted by Crippen LogP contribution is 2.28. The van der Waals surface area contributed by atoms with Gasteiger partial charge in [0.05, 0.1) is 16.3 Å². The summed E-state index contributed by atoms with van der Waals surface area (Å²) in [5.74, 6) is -0.342. The normalized spacial score (nSPS) is 17.9. The van der Waals surface area contributed by atoms with Gasteiger partial charge in [0.1, 0.15) is 6.54 Å².